The van der Waals surface area contributed by atoms with Gasteiger partial charge in [0.25, 0.3) is 5.91 Å². The Kier molecular flexibility index (Phi) is 4.98. The van der Waals surface area contributed by atoms with Gasteiger partial charge in [-0.1, -0.05) is 37.3 Å². The number of carbonyl (C=O) groups excluding carboxylic acids is 2. The van der Waals surface area contributed by atoms with E-state index in [1.807, 2.05) is 36.7 Å². The van der Waals surface area contributed by atoms with Gasteiger partial charge in [-0.25, -0.2) is 4.79 Å². The number of amides is 3. The topological polar surface area (TPSA) is 79.6 Å². The molecule has 1 spiro atoms. The minimum Gasteiger partial charge on any atom is -0.321 e. The average molecular weight is 393 g/mol. The third kappa shape index (κ3) is 3.57. The number of nitrogens with zero attached hydrogens (tertiary/aromatic N) is 4. The normalized spacial score (nSPS) is 24.7. The molecule has 1 N–H and O–H groups in total. The molecule has 1 aromatic heterocycles. The lowest BCUT2D eigenvalue weighted by molar-refractivity contribution is -0.132. The first-order chi connectivity index (χ1) is 13.9. The minimum absolute atomic E-state index is 0.238. The van der Waals surface area contributed by atoms with Gasteiger partial charge in [-0.2, -0.15) is 10.2 Å². The Balaban J connectivity index is 1.53. The van der Waals surface area contributed by atoms with Crippen molar-refractivity contribution >= 4 is 18.2 Å². The van der Waals surface area contributed by atoms with Crippen molar-refractivity contribution in [2.24, 2.45) is 11.0 Å². The van der Waals surface area contributed by atoms with E-state index in [1.54, 1.807) is 6.21 Å². The molecule has 1 aliphatic heterocycles. The monoisotopic (exact) mass is 393 g/mol. The molecule has 3 amide bonds. The summed E-state index contributed by atoms with van der Waals surface area (Å²) in [5, 5.41) is 12.7. The van der Waals surface area contributed by atoms with Gasteiger partial charge in [0.2, 0.25) is 0 Å². The van der Waals surface area contributed by atoms with Crippen LogP contribution in [0.5, 0.6) is 0 Å². The van der Waals surface area contributed by atoms with Crippen LogP contribution in [0, 0.1) is 19.8 Å². The van der Waals surface area contributed by atoms with Gasteiger partial charge in [-0.3, -0.25) is 9.48 Å². The van der Waals surface area contributed by atoms with Gasteiger partial charge in [0.05, 0.1) is 18.5 Å². The molecular formula is C22H27N5O2. The third-order valence-corrected chi connectivity index (χ3v) is 6.18. The quantitative estimate of drug-likeness (QED) is 0.639. The third-order valence-electron chi connectivity index (χ3n) is 6.18. The van der Waals surface area contributed by atoms with Gasteiger partial charge >= 0.3 is 6.03 Å². The molecule has 1 aromatic carbocycles. The summed E-state index contributed by atoms with van der Waals surface area (Å²) in [6, 6.07) is 9.67. The molecule has 4 rings (SSSR count). The molecule has 29 heavy (non-hydrogen) atoms. The molecule has 2 fully saturated rings. The molecule has 0 radical (unpaired) electrons. The van der Waals surface area contributed by atoms with Gasteiger partial charge in [-0.15, -0.1) is 5.01 Å². The van der Waals surface area contributed by atoms with Gasteiger partial charge in [-0.05, 0) is 51.0 Å². The standard InChI is InChI=1S/C22H27N5O2/c1-15-9-11-22(12-10-15)20(28)27(21(29)24-22)23-13-19-16(2)25-26(17(19)3)14-18-7-5-4-6-8-18/h4-8,13,15H,9-12,14H2,1-3H3,(H,24,29)/b23-13-. The Morgan fingerprint density at radius 2 is 1.90 bits per heavy atom. The van der Waals surface area contributed by atoms with Crippen LogP contribution in [0.4, 0.5) is 4.79 Å². The van der Waals surface area contributed by atoms with E-state index in [0.717, 1.165) is 40.4 Å². The number of rotatable bonds is 4. The van der Waals surface area contributed by atoms with E-state index < -0.39 is 11.6 Å². The van der Waals surface area contributed by atoms with E-state index >= 15 is 0 Å². The Labute approximate surface area is 170 Å². The zero-order valence-corrected chi connectivity index (χ0v) is 17.2. The van der Waals surface area contributed by atoms with E-state index in [0.29, 0.717) is 25.3 Å². The number of nitrogens with one attached hydrogen (secondary N) is 1. The van der Waals surface area contributed by atoms with Crippen molar-refractivity contribution in [2.75, 3.05) is 0 Å². The molecule has 0 unspecified atom stereocenters. The Morgan fingerprint density at radius 3 is 2.59 bits per heavy atom. The summed E-state index contributed by atoms with van der Waals surface area (Å²) in [4.78, 5) is 25.4. The van der Waals surface area contributed by atoms with Gasteiger partial charge < -0.3 is 5.32 Å². The summed E-state index contributed by atoms with van der Waals surface area (Å²) in [7, 11) is 0. The summed E-state index contributed by atoms with van der Waals surface area (Å²) >= 11 is 0. The van der Waals surface area contributed by atoms with Crippen molar-refractivity contribution in [3.8, 4) is 0 Å². The Hall–Kier alpha value is -2.96. The van der Waals surface area contributed by atoms with E-state index in [-0.39, 0.29) is 5.91 Å². The number of carbonyl (C=O) groups is 2. The van der Waals surface area contributed by atoms with Crippen molar-refractivity contribution < 1.29 is 9.59 Å². The summed E-state index contributed by atoms with van der Waals surface area (Å²) in [5.74, 6) is 0.348. The van der Waals surface area contributed by atoms with Gasteiger partial charge in [0.15, 0.2) is 0 Å². The van der Waals surface area contributed by atoms with Crippen LogP contribution in [-0.4, -0.2) is 38.5 Å². The second kappa shape index (κ2) is 7.46. The van der Waals surface area contributed by atoms with E-state index in [2.05, 4.69) is 34.6 Å². The molecule has 0 bridgehead atoms. The Morgan fingerprint density at radius 1 is 1.21 bits per heavy atom. The van der Waals surface area contributed by atoms with Crippen molar-refractivity contribution in [2.45, 2.75) is 58.5 Å². The van der Waals surface area contributed by atoms with Crippen LogP contribution in [-0.2, 0) is 11.3 Å². The predicted molar refractivity (Wildman–Crippen MR) is 111 cm³/mol. The largest absolute Gasteiger partial charge is 0.346 e. The molecular weight excluding hydrogens is 366 g/mol. The van der Waals surface area contributed by atoms with Crippen molar-refractivity contribution in [3.05, 3.63) is 52.8 Å². The van der Waals surface area contributed by atoms with Crippen LogP contribution in [0.1, 0.15) is 55.1 Å². The molecule has 152 valence electrons. The molecule has 7 heteroatoms. The molecule has 2 heterocycles. The smallest absolute Gasteiger partial charge is 0.321 e. The van der Waals surface area contributed by atoms with Gasteiger partial charge in [0.1, 0.15) is 5.54 Å². The summed E-state index contributed by atoms with van der Waals surface area (Å²) in [6.07, 6.45) is 4.82. The van der Waals surface area contributed by atoms with Crippen molar-refractivity contribution in [3.63, 3.8) is 0 Å². The van der Waals surface area contributed by atoms with Crippen LogP contribution in [0.2, 0.25) is 0 Å². The van der Waals surface area contributed by atoms with Crippen LogP contribution in [0.25, 0.3) is 0 Å². The first-order valence-electron chi connectivity index (χ1n) is 10.2. The summed E-state index contributed by atoms with van der Waals surface area (Å²) in [5.41, 5.74) is 2.98. The predicted octanol–water partition coefficient (Wildman–Crippen LogP) is 3.38. The number of aromatic nitrogens is 2. The average Bonchev–Trinajstić information content (AvgIpc) is 3.10. The molecule has 0 atom stereocenters. The first-order valence-corrected chi connectivity index (χ1v) is 10.2. The highest BCUT2D eigenvalue weighted by Crippen LogP contribution is 2.36. The zero-order chi connectivity index (χ0) is 20.6. The SMILES string of the molecule is Cc1nn(Cc2ccccc2)c(C)c1/C=N\N1C(=O)NC2(CCC(C)CC2)C1=O. The minimum atomic E-state index is -0.775. The lowest BCUT2D eigenvalue weighted by Crippen LogP contribution is -2.49. The van der Waals surface area contributed by atoms with E-state index in [1.165, 1.54) is 0 Å². The molecule has 1 saturated heterocycles. The molecule has 7 nitrogen and oxygen atoms in total. The van der Waals surface area contributed by atoms with Crippen molar-refractivity contribution in [1.29, 1.82) is 0 Å². The second-order valence-electron chi connectivity index (χ2n) is 8.28. The maximum absolute atomic E-state index is 12.9. The van der Waals surface area contributed by atoms with Crippen LogP contribution < -0.4 is 5.32 Å². The van der Waals surface area contributed by atoms with Crippen LogP contribution in [0.3, 0.4) is 0 Å². The summed E-state index contributed by atoms with van der Waals surface area (Å²) in [6.45, 7) is 6.72. The van der Waals surface area contributed by atoms with E-state index in [4.69, 9.17) is 0 Å². The molecule has 1 saturated carbocycles. The highest BCUT2D eigenvalue weighted by atomic mass is 16.2. The lowest BCUT2D eigenvalue weighted by Gasteiger charge is -2.33. The number of hydrazone groups is 1. The number of urea groups is 1. The fourth-order valence-corrected chi connectivity index (χ4v) is 4.23. The maximum Gasteiger partial charge on any atom is 0.346 e. The first kappa shape index (κ1) is 19.4. The fraction of sp³-hybridized carbons (Fsp3) is 0.455. The van der Waals surface area contributed by atoms with Gasteiger partial charge in [0, 0.05) is 11.3 Å². The highest BCUT2D eigenvalue weighted by Gasteiger charge is 2.52. The van der Waals surface area contributed by atoms with Crippen LogP contribution in [0.15, 0.2) is 35.4 Å². The number of hydrogen-bond donors (Lipinski definition) is 1. The molecule has 1 aliphatic carbocycles. The molecule has 2 aromatic rings. The second-order valence-corrected chi connectivity index (χ2v) is 8.28. The Bertz CT molecular complexity index is 955. The van der Waals surface area contributed by atoms with Crippen molar-refractivity contribution in [1.82, 2.24) is 20.1 Å². The molecule has 2 aliphatic rings. The maximum atomic E-state index is 12.9. The number of hydrogen-bond acceptors (Lipinski definition) is 4. The number of aryl methyl sites for hydroxylation is 1. The number of benzene rings is 1. The fourth-order valence-electron chi connectivity index (χ4n) is 4.23. The zero-order valence-electron chi connectivity index (χ0n) is 17.2. The lowest BCUT2D eigenvalue weighted by atomic mass is 9.77. The summed E-state index contributed by atoms with van der Waals surface area (Å²) < 4.78 is 1.92. The van der Waals surface area contributed by atoms with E-state index in [9.17, 15) is 9.59 Å². The van der Waals surface area contributed by atoms with Crippen LogP contribution >= 0.6 is 0 Å². The number of imide groups is 1. The highest BCUT2D eigenvalue weighted by molar-refractivity contribution is 6.07.